The summed E-state index contributed by atoms with van der Waals surface area (Å²) in [6.07, 6.45) is 0.937. The highest BCUT2D eigenvalue weighted by Gasteiger charge is 2.08. The lowest BCUT2D eigenvalue weighted by atomic mass is 10.2. The number of amides is 1. The molecule has 0 radical (unpaired) electrons. The molecule has 5 heteroatoms. The zero-order valence-electron chi connectivity index (χ0n) is 10.5. The number of carbonyl (C=O) groups is 1. The Morgan fingerprint density at radius 2 is 2.00 bits per heavy atom. The summed E-state index contributed by atoms with van der Waals surface area (Å²) in [4.78, 5) is 11.6. The molecule has 1 rings (SSSR count). The zero-order valence-corrected chi connectivity index (χ0v) is 12.8. The molecule has 2 nitrogen and oxygen atoms in total. The average molecular weight is 306 g/mol. The molecule has 0 aliphatic carbocycles. The Balaban J connectivity index is 2.40. The molecule has 0 saturated carbocycles. The van der Waals surface area contributed by atoms with Crippen LogP contribution in [0.1, 0.15) is 25.8 Å². The fourth-order valence-electron chi connectivity index (χ4n) is 1.33. The van der Waals surface area contributed by atoms with E-state index >= 15 is 0 Å². The van der Waals surface area contributed by atoms with Crippen molar-refractivity contribution in [1.82, 2.24) is 5.32 Å². The van der Waals surface area contributed by atoms with Crippen molar-refractivity contribution >= 4 is 40.9 Å². The summed E-state index contributed by atoms with van der Waals surface area (Å²) in [6, 6.07) is 5.65. The van der Waals surface area contributed by atoms with E-state index in [4.69, 9.17) is 23.2 Å². The van der Waals surface area contributed by atoms with Gasteiger partial charge in [0, 0.05) is 21.8 Å². The Bertz CT molecular complexity index is 392. The molecule has 1 aromatic carbocycles. The summed E-state index contributed by atoms with van der Waals surface area (Å²) >= 11 is 13.6. The van der Waals surface area contributed by atoms with Gasteiger partial charge in [-0.25, -0.2) is 0 Å². The lowest BCUT2D eigenvalue weighted by molar-refractivity contribution is -0.119. The summed E-state index contributed by atoms with van der Waals surface area (Å²) in [5, 5.41) is 4.22. The van der Waals surface area contributed by atoms with Crippen molar-refractivity contribution in [2.75, 3.05) is 5.75 Å². The van der Waals surface area contributed by atoms with Gasteiger partial charge in [-0.15, -0.1) is 11.8 Å². The first-order valence-electron chi connectivity index (χ1n) is 5.84. The summed E-state index contributed by atoms with van der Waals surface area (Å²) in [7, 11) is 0. The minimum atomic E-state index is 0.0533. The molecular formula is C13H17Cl2NOS. The van der Waals surface area contributed by atoms with E-state index in [0.29, 0.717) is 21.6 Å². The molecule has 0 bridgehead atoms. The molecule has 0 heterocycles. The predicted molar refractivity (Wildman–Crippen MR) is 80.5 cm³/mol. The quantitative estimate of drug-likeness (QED) is 0.856. The third kappa shape index (κ3) is 5.09. The van der Waals surface area contributed by atoms with E-state index in [1.807, 2.05) is 32.0 Å². The van der Waals surface area contributed by atoms with E-state index in [1.54, 1.807) is 0 Å². The first-order valence-corrected chi connectivity index (χ1v) is 7.75. The third-order valence-corrected chi connectivity index (χ3v) is 4.23. The van der Waals surface area contributed by atoms with Crippen LogP contribution in [0.4, 0.5) is 0 Å². The maximum atomic E-state index is 11.6. The van der Waals surface area contributed by atoms with Gasteiger partial charge < -0.3 is 5.32 Å². The van der Waals surface area contributed by atoms with Crippen molar-refractivity contribution in [3.8, 4) is 0 Å². The van der Waals surface area contributed by atoms with Gasteiger partial charge in [-0.05, 0) is 31.0 Å². The maximum Gasteiger partial charge on any atom is 0.230 e. The van der Waals surface area contributed by atoms with Crippen LogP contribution in [0.2, 0.25) is 10.0 Å². The van der Waals surface area contributed by atoms with Crippen LogP contribution in [-0.4, -0.2) is 17.7 Å². The van der Waals surface area contributed by atoms with Gasteiger partial charge in [0.1, 0.15) is 0 Å². The van der Waals surface area contributed by atoms with Crippen molar-refractivity contribution in [2.45, 2.75) is 32.1 Å². The normalized spacial score (nSPS) is 12.2. The largest absolute Gasteiger partial charge is 0.353 e. The van der Waals surface area contributed by atoms with Crippen LogP contribution < -0.4 is 5.32 Å². The number of halogens is 2. The SMILES string of the molecule is CC[C@@H](C)NC(=O)CSCc1c(Cl)cccc1Cl. The van der Waals surface area contributed by atoms with Gasteiger partial charge in [-0.3, -0.25) is 4.79 Å². The average Bonchev–Trinajstić information content (AvgIpc) is 2.32. The van der Waals surface area contributed by atoms with Gasteiger partial charge in [0.2, 0.25) is 5.91 Å². The van der Waals surface area contributed by atoms with Crippen LogP contribution in [0.15, 0.2) is 18.2 Å². The van der Waals surface area contributed by atoms with E-state index < -0.39 is 0 Å². The van der Waals surface area contributed by atoms with Crippen LogP contribution >= 0.6 is 35.0 Å². The monoisotopic (exact) mass is 305 g/mol. The molecule has 1 atom stereocenters. The van der Waals surface area contributed by atoms with Gasteiger partial charge in [0.05, 0.1) is 5.75 Å². The lowest BCUT2D eigenvalue weighted by Crippen LogP contribution is -2.33. The van der Waals surface area contributed by atoms with E-state index in [-0.39, 0.29) is 11.9 Å². The van der Waals surface area contributed by atoms with Crippen molar-refractivity contribution in [3.63, 3.8) is 0 Å². The molecule has 0 fully saturated rings. The third-order valence-electron chi connectivity index (χ3n) is 2.56. The molecule has 0 spiro atoms. The van der Waals surface area contributed by atoms with Gasteiger partial charge >= 0.3 is 0 Å². The number of hydrogen-bond acceptors (Lipinski definition) is 2. The molecule has 1 amide bonds. The van der Waals surface area contributed by atoms with E-state index in [0.717, 1.165) is 12.0 Å². The lowest BCUT2D eigenvalue weighted by Gasteiger charge is -2.11. The van der Waals surface area contributed by atoms with Gasteiger partial charge in [0.25, 0.3) is 0 Å². The highest BCUT2D eigenvalue weighted by molar-refractivity contribution is 7.99. The second-order valence-electron chi connectivity index (χ2n) is 4.07. The van der Waals surface area contributed by atoms with Gasteiger partial charge in [0.15, 0.2) is 0 Å². The van der Waals surface area contributed by atoms with Crippen molar-refractivity contribution in [2.24, 2.45) is 0 Å². The number of carbonyl (C=O) groups excluding carboxylic acids is 1. The Morgan fingerprint density at radius 1 is 1.39 bits per heavy atom. The number of rotatable bonds is 6. The summed E-state index contributed by atoms with van der Waals surface area (Å²) in [5.41, 5.74) is 0.891. The fraction of sp³-hybridized carbons (Fsp3) is 0.462. The highest BCUT2D eigenvalue weighted by Crippen LogP contribution is 2.28. The van der Waals surface area contributed by atoms with Gasteiger partial charge in [-0.2, -0.15) is 0 Å². The zero-order chi connectivity index (χ0) is 13.5. The molecule has 0 aliphatic heterocycles. The van der Waals surface area contributed by atoms with Crippen LogP contribution in [-0.2, 0) is 10.5 Å². The van der Waals surface area contributed by atoms with Crippen LogP contribution in [0.3, 0.4) is 0 Å². The predicted octanol–water partition coefficient (Wildman–Crippen LogP) is 4.14. The topological polar surface area (TPSA) is 29.1 Å². The van der Waals surface area contributed by atoms with Crippen LogP contribution in [0.5, 0.6) is 0 Å². The summed E-state index contributed by atoms with van der Waals surface area (Å²) in [5.74, 6) is 1.12. The Kier molecular flexibility index (Phi) is 6.90. The van der Waals surface area contributed by atoms with E-state index in [9.17, 15) is 4.79 Å². The molecule has 1 aromatic rings. The first kappa shape index (κ1) is 15.7. The fourth-order valence-corrected chi connectivity index (χ4v) is 2.91. The second kappa shape index (κ2) is 7.93. The van der Waals surface area contributed by atoms with Crippen molar-refractivity contribution in [1.29, 1.82) is 0 Å². The molecule has 0 saturated heterocycles. The van der Waals surface area contributed by atoms with Crippen LogP contribution in [0, 0.1) is 0 Å². The van der Waals surface area contributed by atoms with E-state index in [2.05, 4.69) is 5.32 Å². The molecule has 0 aliphatic rings. The number of hydrogen-bond donors (Lipinski definition) is 1. The van der Waals surface area contributed by atoms with Crippen molar-refractivity contribution in [3.05, 3.63) is 33.8 Å². The maximum absolute atomic E-state index is 11.6. The summed E-state index contributed by atoms with van der Waals surface area (Å²) < 4.78 is 0. The molecule has 18 heavy (non-hydrogen) atoms. The Labute approximate surface area is 122 Å². The number of thioether (sulfide) groups is 1. The standard InChI is InChI=1S/C13H17Cl2NOS/c1-3-9(2)16-13(17)8-18-7-10-11(14)5-4-6-12(10)15/h4-6,9H,3,7-8H2,1-2H3,(H,16,17)/t9-/m1/s1. The van der Waals surface area contributed by atoms with Crippen LogP contribution in [0.25, 0.3) is 0 Å². The Morgan fingerprint density at radius 3 is 2.56 bits per heavy atom. The second-order valence-corrected chi connectivity index (χ2v) is 5.87. The molecular weight excluding hydrogens is 289 g/mol. The molecule has 1 N–H and O–H groups in total. The highest BCUT2D eigenvalue weighted by atomic mass is 35.5. The minimum Gasteiger partial charge on any atom is -0.353 e. The number of benzene rings is 1. The van der Waals surface area contributed by atoms with Gasteiger partial charge in [-0.1, -0.05) is 36.2 Å². The van der Waals surface area contributed by atoms with Crippen molar-refractivity contribution < 1.29 is 4.79 Å². The number of nitrogens with one attached hydrogen (secondary N) is 1. The Hall–Kier alpha value is -0.380. The molecule has 100 valence electrons. The smallest absolute Gasteiger partial charge is 0.230 e. The minimum absolute atomic E-state index is 0.0533. The molecule has 0 unspecified atom stereocenters. The van der Waals surface area contributed by atoms with E-state index in [1.165, 1.54) is 11.8 Å². The first-order chi connectivity index (χ1) is 8.54. The molecule has 0 aromatic heterocycles. The summed E-state index contributed by atoms with van der Waals surface area (Å²) in [6.45, 7) is 4.04.